The summed E-state index contributed by atoms with van der Waals surface area (Å²) in [6.45, 7) is 0. The molecule has 37 heavy (non-hydrogen) atoms. The minimum Gasteiger partial charge on any atom is -0.508 e. The van der Waals surface area contributed by atoms with E-state index in [-0.39, 0.29) is 35.2 Å². The predicted molar refractivity (Wildman–Crippen MR) is 132 cm³/mol. The van der Waals surface area contributed by atoms with Crippen LogP contribution in [0.3, 0.4) is 0 Å². The zero-order chi connectivity index (χ0) is 25.8. The summed E-state index contributed by atoms with van der Waals surface area (Å²) in [5.41, 5.74) is 2.77. The number of aromatic hydroxyl groups is 5. The number of ether oxygens (including phenoxy) is 2. The van der Waals surface area contributed by atoms with Crippen molar-refractivity contribution in [1.29, 1.82) is 0 Å². The van der Waals surface area contributed by atoms with Crippen LogP contribution in [0.1, 0.15) is 45.9 Å². The molecule has 4 unspecified atom stereocenters. The fraction of sp³-hybridized carbons (Fsp3) is 0.172. The van der Waals surface area contributed by atoms with Crippen LogP contribution < -0.4 is 9.47 Å². The largest absolute Gasteiger partial charge is 0.508 e. The molecule has 0 saturated heterocycles. The summed E-state index contributed by atoms with van der Waals surface area (Å²) in [6.07, 6.45) is -2.20. The number of aliphatic hydroxyl groups excluding tert-OH is 1. The van der Waals surface area contributed by atoms with Gasteiger partial charge in [0.1, 0.15) is 52.5 Å². The molecule has 0 aliphatic carbocycles. The Kier molecular flexibility index (Phi) is 5.27. The predicted octanol–water partition coefficient (Wildman–Crippen LogP) is 4.52. The van der Waals surface area contributed by atoms with E-state index in [4.69, 9.17) is 9.47 Å². The zero-order valence-electron chi connectivity index (χ0n) is 19.4. The Morgan fingerprint density at radius 3 is 1.70 bits per heavy atom. The SMILES string of the molecule is Oc1ccc(C2Oc3cc4c(c(O)c3CC2O)C(c2cc(O)cc(O)c2)C(c2ccc(O)cc2)O4)cc1. The van der Waals surface area contributed by atoms with Crippen LogP contribution in [0.15, 0.2) is 72.8 Å². The number of phenols is 5. The summed E-state index contributed by atoms with van der Waals surface area (Å²) in [6, 6.07) is 18.8. The normalized spacial score (nSPS) is 22.0. The van der Waals surface area contributed by atoms with E-state index in [0.717, 1.165) is 0 Å². The van der Waals surface area contributed by atoms with Gasteiger partial charge in [0.15, 0.2) is 0 Å². The molecule has 2 aliphatic rings. The first-order valence-electron chi connectivity index (χ1n) is 11.8. The van der Waals surface area contributed by atoms with Crippen molar-refractivity contribution < 1.29 is 40.1 Å². The smallest absolute Gasteiger partial charge is 0.150 e. The molecule has 0 amide bonds. The van der Waals surface area contributed by atoms with Crippen molar-refractivity contribution in [1.82, 2.24) is 0 Å². The molecule has 0 radical (unpaired) electrons. The molecule has 8 heteroatoms. The number of benzene rings is 4. The van der Waals surface area contributed by atoms with Crippen LogP contribution in [0.2, 0.25) is 0 Å². The highest BCUT2D eigenvalue weighted by Crippen LogP contribution is 2.57. The van der Waals surface area contributed by atoms with Crippen molar-refractivity contribution in [2.45, 2.75) is 30.7 Å². The van der Waals surface area contributed by atoms with Crippen LogP contribution in [-0.4, -0.2) is 36.7 Å². The number of hydrogen-bond acceptors (Lipinski definition) is 8. The average molecular weight is 501 g/mol. The lowest BCUT2D eigenvalue weighted by Crippen LogP contribution is -2.30. The van der Waals surface area contributed by atoms with Gasteiger partial charge in [-0.05, 0) is 53.1 Å². The number of fused-ring (bicyclic) bond motifs is 2. The molecule has 8 nitrogen and oxygen atoms in total. The molecule has 2 heterocycles. The lowest BCUT2D eigenvalue weighted by atomic mass is 9.82. The molecule has 188 valence electrons. The van der Waals surface area contributed by atoms with E-state index in [1.165, 1.54) is 42.5 Å². The van der Waals surface area contributed by atoms with Crippen molar-refractivity contribution in [3.63, 3.8) is 0 Å². The second-order valence-electron chi connectivity index (χ2n) is 9.41. The Morgan fingerprint density at radius 2 is 1.11 bits per heavy atom. The fourth-order valence-electron chi connectivity index (χ4n) is 5.29. The number of rotatable bonds is 3. The van der Waals surface area contributed by atoms with E-state index in [1.54, 1.807) is 30.3 Å². The Hall–Kier alpha value is -4.56. The summed E-state index contributed by atoms with van der Waals surface area (Å²) in [5.74, 6) is -0.0674. The topological polar surface area (TPSA) is 140 Å². The first-order chi connectivity index (χ1) is 17.8. The molecule has 0 aromatic heterocycles. The quantitative estimate of drug-likeness (QED) is 0.241. The van der Waals surface area contributed by atoms with Gasteiger partial charge in [-0.25, -0.2) is 0 Å². The molecule has 6 N–H and O–H groups in total. The third kappa shape index (κ3) is 3.91. The first kappa shape index (κ1) is 22.9. The number of hydrogen-bond donors (Lipinski definition) is 6. The second-order valence-corrected chi connectivity index (χ2v) is 9.41. The lowest BCUT2D eigenvalue weighted by molar-refractivity contribution is 0.0197. The summed E-state index contributed by atoms with van der Waals surface area (Å²) in [5, 5.41) is 62.1. The molecule has 0 spiro atoms. The van der Waals surface area contributed by atoms with Gasteiger partial charge >= 0.3 is 0 Å². The summed E-state index contributed by atoms with van der Waals surface area (Å²) in [4.78, 5) is 0. The van der Waals surface area contributed by atoms with Crippen LogP contribution >= 0.6 is 0 Å². The third-order valence-corrected chi connectivity index (χ3v) is 6.98. The maximum absolute atomic E-state index is 11.5. The van der Waals surface area contributed by atoms with Gasteiger partial charge in [0.05, 0.1) is 12.0 Å². The van der Waals surface area contributed by atoms with Crippen molar-refractivity contribution in [2.75, 3.05) is 0 Å². The van der Waals surface area contributed by atoms with Crippen molar-refractivity contribution in [2.24, 2.45) is 0 Å². The van der Waals surface area contributed by atoms with Gasteiger partial charge in [-0.2, -0.15) is 0 Å². The summed E-state index contributed by atoms with van der Waals surface area (Å²) < 4.78 is 12.5. The maximum atomic E-state index is 11.5. The molecular formula is C29H24O8. The Balaban J connectivity index is 1.47. The van der Waals surface area contributed by atoms with E-state index in [1.807, 2.05) is 0 Å². The van der Waals surface area contributed by atoms with Gasteiger partial charge in [-0.3, -0.25) is 0 Å². The van der Waals surface area contributed by atoms with Crippen molar-refractivity contribution in [3.8, 4) is 40.2 Å². The number of phenolic OH excluding ortho intramolecular Hbond substituents is 5. The molecule has 4 aromatic rings. The van der Waals surface area contributed by atoms with E-state index in [2.05, 4.69) is 0 Å². The molecule has 6 rings (SSSR count). The number of aliphatic hydroxyl groups is 1. The van der Waals surface area contributed by atoms with E-state index < -0.39 is 24.2 Å². The van der Waals surface area contributed by atoms with Crippen LogP contribution in [0.5, 0.6) is 40.2 Å². The van der Waals surface area contributed by atoms with Gasteiger partial charge in [-0.1, -0.05) is 24.3 Å². The zero-order valence-corrected chi connectivity index (χ0v) is 19.4. The van der Waals surface area contributed by atoms with Gasteiger partial charge in [0.25, 0.3) is 0 Å². The standard InChI is InChI=1S/C29H24O8/c30-17-5-1-14(2-6-17)28-22(34)12-21-23(36-28)13-24-26(27(21)35)25(16-9-19(32)11-20(33)10-16)29(37-24)15-3-7-18(31)8-4-15/h1-11,13,22,25,28-35H,12H2. The molecule has 0 saturated carbocycles. The average Bonchev–Trinajstić information content (AvgIpc) is 3.24. The van der Waals surface area contributed by atoms with Crippen molar-refractivity contribution >= 4 is 0 Å². The third-order valence-electron chi connectivity index (χ3n) is 6.98. The second kappa shape index (κ2) is 8.53. The molecule has 0 bridgehead atoms. The van der Waals surface area contributed by atoms with Gasteiger partial charge in [-0.15, -0.1) is 0 Å². The molecule has 4 atom stereocenters. The highest BCUT2D eigenvalue weighted by Gasteiger charge is 2.43. The van der Waals surface area contributed by atoms with E-state index in [9.17, 15) is 30.6 Å². The van der Waals surface area contributed by atoms with Crippen LogP contribution in [0.25, 0.3) is 0 Å². The molecule has 0 fully saturated rings. The van der Waals surface area contributed by atoms with Crippen LogP contribution in [-0.2, 0) is 6.42 Å². The van der Waals surface area contributed by atoms with Crippen LogP contribution in [0, 0.1) is 0 Å². The minimum absolute atomic E-state index is 0.0896. The monoisotopic (exact) mass is 500 g/mol. The highest BCUT2D eigenvalue weighted by molar-refractivity contribution is 5.64. The summed E-state index contributed by atoms with van der Waals surface area (Å²) in [7, 11) is 0. The van der Waals surface area contributed by atoms with Crippen molar-refractivity contribution in [3.05, 3.63) is 101 Å². The Bertz CT molecular complexity index is 1460. The van der Waals surface area contributed by atoms with E-state index in [0.29, 0.717) is 39.3 Å². The minimum atomic E-state index is -0.959. The van der Waals surface area contributed by atoms with Gasteiger partial charge in [0, 0.05) is 29.7 Å². The Labute approximate surface area is 211 Å². The van der Waals surface area contributed by atoms with Gasteiger partial charge in [0.2, 0.25) is 0 Å². The lowest BCUT2D eigenvalue weighted by Gasteiger charge is -2.32. The molecule has 2 aliphatic heterocycles. The first-order valence-corrected chi connectivity index (χ1v) is 11.8. The van der Waals surface area contributed by atoms with Gasteiger partial charge < -0.3 is 40.1 Å². The van der Waals surface area contributed by atoms with E-state index >= 15 is 0 Å². The molecule has 4 aromatic carbocycles. The fourth-order valence-corrected chi connectivity index (χ4v) is 5.29. The summed E-state index contributed by atoms with van der Waals surface area (Å²) >= 11 is 0. The molecular weight excluding hydrogens is 476 g/mol. The van der Waals surface area contributed by atoms with Crippen LogP contribution in [0.4, 0.5) is 0 Å². The maximum Gasteiger partial charge on any atom is 0.150 e. The Morgan fingerprint density at radius 1 is 0.568 bits per heavy atom. The highest BCUT2D eigenvalue weighted by atomic mass is 16.5.